The molecule has 12 heteroatoms. The lowest BCUT2D eigenvalue weighted by Gasteiger charge is -2.22. The normalized spacial score (nSPS) is 15.5. The van der Waals surface area contributed by atoms with Crippen LogP contribution in [-0.2, 0) is 14.8 Å². The summed E-state index contributed by atoms with van der Waals surface area (Å²) in [6.45, 7) is 1.72. The van der Waals surface area contributed by atoms with Crippen molar-refractivity contribution in [3.8, 4) is 11.5 Å². The lowest BCUT2D eigenvalue weighted by molar-refractivity contribution is -0.384. The Morgan fingerprint density at radius 1 is 1.13 bits per heavy atom. The Kier molecular flexibility index (Phi) is 7.48. The summed E-state index contributed by atoms with van der Waals surface area (Å²) in [7, 11) is -4.44. The molecule has 11 nitrogen and oxygen atoms in total. The number of hydrogen-bond donors (Lipinski definition) is 3. The highest BCUT2D eigenvalue weighted by molar-refractivity contribution is 7.90. The molecule has 0 radical (unpaired) electrons. The number of fused-ring (bicyclic) bond motifs is 1. The highest BCUT2D eigenvalue weighted by Crippen LogP contribution is 2.30. The first-order valence-corrected chi connectivity index (χ1v) is 13.8. The van der Waals surface area contributed by atoms with Gasteiger partial charge in [0.25, 0.3) is 21.6 Å². The number of aromatic amines is 1. The molecule has 0 unspecified atom stereocenters. The molecule has 1 aliphatic rings. The van der Waals surface area contributed by atoms with Crippen LogP contribution in [-0.4, -0.2) is 44.0 Å². The fourth-order valence-electron chi connectivity index (χ4n) is 4.40. The van der Waals surface area contributed by atoms with Crippen molar-refractivity contribution in [3.05, 3.63) is 88.6 Å². The predicted octanol–water partition coefficient (Wildman–Crippen LogP) is 4.83. The minimum atomic E-state index is -4.44. The molecule has 1 aliphatic heterocycles. The molecule has 39 heavy (non-hydrogen) atoms. The third kappa shape index (κ3) is 6.02. The molecule has 1 fully saturated rings. The Labute approximate surface area is 224 Å². The maximum Gasteiger partial charge on any atom is 0.293 e. The van der Waals surface area contributed by atoms with Crippen LogP contribution < -0.4 is 14.8 Å². The van der Waals surface area contributed by atoms with Crippen LogP contribution in [0.3, 0.4) is 0 Å². The van der Waals surface area contributed by atoms with Gasteiger partial charge in [-0.3, -0.25) is 14.9 Å². The van der Waals surface area contributed by atoms with E-state index in [0.717, 1.165) is 29.8 Å². The Bertz CT molecular complexity index is 1630. The number of rotatable bonds is 9. The number of H-pyrrole nitrogens is 1. The van der Waals surface area contributed by atoms with Crippen molar-refractivity contribution in [1.82, 2.24) is 9.71 Å². The lowest BCUT2D eigenvalue weighted by Crippen LogP contribution is -2.31. The first-order chi connectivity index (χ1) is 18.8. The standard InChI is InChI=1S/C27H26N4O7S/c32-27(22-5-1-2-6-26(22)38-20-7-9-23-19(14-20)11-12-28-23)30-39(35,36)21-8-10-24(25(15-21)31(33)34)29-16-18-4-3-13-37-17-18/h1-2,5-12,14-15,18,28-29H,3-4,13,16-17H2,(H,30,32)/t18-/m0/s1. The van der Waals surface area contributed by atoms with E-state index in [9.17, 15) is 23.3 Å². The number of ether oxygens (including phenoxy) is 2. The van der Waals surface area contributed by atoms with E-state index in [2.05, 4.69) is 10.3 Å². The van der Waals surface area contributed by atoms with Crippen molar-refractivity contribution < 1.29 is 27.6 Å². The number of hydrogen-bond acceptors (Lipinski definition) is 8. The fraction of sp³-hybridized carbons (Fsp3) is 0.222. The first-order valence-electron chi connectivity index (χ1n) is 12.3. The van der Waals surface area contributed by atoms with Gasteiger partial charge in [0, 0.05) is 36.3 Å². The molecule has 5 rings (SSSR count). The summed E-state index contributed by atoms with van der Waals surface area (Å²) in [4.78, 5) is 26.8. The Morgan fingerprint density at radius 3 is 2.77 bits per heavy atom. The predicted molar refractivity (Wildman–Crippen MR) is 145 cm³/mol. The molecule has 1 saturated heterocycles. The van der Waals surface area contributed by atoms with Crippen molar-refractivity contribution in [2.75, 3.05) is 25.1 Å². The van der Waals surface area contributed by atoms with Gasteiger partial charge in [-0.05, 0) is 67.3 Å². The third-order valence-corrected chi connectivity index (χ3v) is 7.75. The zero-order valence-corrected chi connectivity index (χ0v) is 21.6. The van der Waals surface area contributed by atoms with Crippen LogP contribution in [0.5, 0.6) is 11.5 Å². The maximum atomic E-state index is 13.1. The first kappa shape index (κ1) is 26.2. The molecule has 3 aromatic carbocycles. The number of nitro groups is 1. The van der Waals surface area contributed by atoms with Gasteiger partial charge in [-0.25, -0.2) is 13.1 Å². The average molecular weight is 551 g/mol. The van der Waals surface area contributed by atoms with Crippen molar-refractivity contribution >= 4 is 38.2 Å². The number of nitro benzene ring substituents is 1. The minimum absolute atomic E-state index is 0.0160. The van der Waals surface area contributed by atoms with Crippen LogP contribution in [0.25, 0.3) is 10.9 Å². The van der Waals surface area contributed by atoms with Gasteiger partial charge in [0.1, 0.15) is 17.2 Å². The number of nitrogens with zero attached hydrogens (tertiary/aromatic N) is 1. The Morgan fingerprint density at radius 2 is 1.97 bits per heavy atom. The van der Waals surface area contributed by atoms with Gasteiger partial charge in [-0.1, -0.05) is 12.1 Å². The fourth-order valence-corrected chi connectivity index (χ4v) is 5.39. The molecular weight excluding hydrogens is 524 g/mol. The number of amides is 1. The second-order valence-corrected chi connectivity index (χ2v) is 10.8. The second kappa shape index (κ2) is 11.1. The van der Waals surface area contributed by atoms with Crippen LogP contribution in [0.4, 0.5) is 11.4 Å². The molecule has 2 heterocycles. The number of anilines is 1. The van der Waals surface area contributed by atoms with Crippen LogP contribution >= 0.6 is 0 Å². The van der Waals surface area contributed by atoms with E-state index >= 15 is 0 Å². The summed E-state index contributed by atoms with van der Waals surface area (Å²) in [6.07, 6.45) is 3.65. The largest absolute Gasteiger partial charge is 0.457 e. The molecule has 1 amide bonds. The maximum absolute atomic E-state index is 13.1. The van der Waals surface area contributed by atoms with Crippen LogP contribution in [0.2, 0.25) is 0 Å². The van der Waals surface area contributed by atoms with Crippen LogP contribution in [0.15, 0.2) is 77.8 Å². The zero-order valence-electron chi connectivity index (χ0n) is 20.8. The quantitative estimate of drug-likeness (QED) is 0.198. The zero-order chi connectivity index (χ0) is 27.4. The van der Waals surface area contributed by atoms with E-state index < -0.39 is 31.4 Å². The van der Waals surface area contributed by atoms with Gasteiger partial charge >= 0.3 is 0 Å². The van der Waals surface area contributed by atoms with Gasteiger partial charge in [0.05, 0.1) is 22.0 Å². The summed E-state index contributed by atoms with van der Waals surface area (Å²) in [5.41, 5.74) is 0.676. The van der Waals surface area contributed by atoms with Crippen molar-refractivity contribution in [1.29, 1.82) is 0 Å². The van der Waals surface area contributed by atoms with Crippen LogP contribution in [0.1, 0.15) is 23.2 Å². The molecule has 0 bridgehead atoms. The van der Waals surface area contributed by atoms with Crippen LogP contribution in [0, 0.1) is 16.0 Å². The molecule has 0 saturated carbocycles. The number of sulfonamides is 1. The SMILES string of the molecule is O=C(NS(=O)(=O)c1ccc(NC[C@@H]2CCCOC2)c([N+](=O)[O-])c1)c1ccccc1Oc1ccc2[nH]ccc2c1. The summed E-state index contributed by atoms with van der Waals surface area (Å²) < 4.78 is 39.4. The van der Waals surface area contributed by atoms with E-state index in [4.69, 9.17) is 9.47 Å². The highest BCUT2D eigenvalue weighted by Gasteiger charge is 2.25. The topological polar surface area (TPSA) is 153 Å². The van der Waals surface area contributed by atoms with Gasteiger partial charge in [0.2, 0.25) is 0 Å². The second-order valence-electron chi connectivity index (χ2n) is 9.16. The van der Waals surface area contributed by atoms with Crippen molar-refractivity contribution in [2.45, 2.75) is 17.7 Å². The van der Waals surface area contributed by atoms with E-state index in [0.29, 0.717) is 25.5 Å². The minimum Gasteiger partial charge on any atom is -0.457 e. The number of benzene rings is 3. The highest BCUT2D eigenvalue weighted by atomic mass is 32.2. The van der Waals surface area contributed by atoms with Gasteiger partial charge in [-0.15, -0.1) is 0 Å². The third-order valence-electron chi connectivity index (χ3n) is 6.42. The number of carbonyl (C=O) groups excluding carboxylic acids is 1. The molecule has 4 aromatic rings. The lowest BCUT2D eigenvalue weighted by atomic mass is 10.0. The molecule has 1 aromatic heterocycles. The van der Waals surface area contributed by atoms with Gasteiger partial charge in [0.15, 0.2) is 0 Å². The number of carbonyl (C=O) groups is 1. The number of nitrogens with one attached hydrogen (secondary N) is 3. The monoisotopic (exact) mass is 550 g/mol. The number of aromatic nitrogens is 1. The molecule has 3 N–H and O–H groups in total. The Hall–Kier alpha value is -4.42. The summed E-state index contributed by atoms with van der Waals surface area (Å²) in [5.74, 6) is -0.121. The van der Waals surface area contributed by atoms with Crippen molar-refractivity contribution in [3.63, 3.8) is 0 Å². The summed E-state index contributed by atoms with van der Waals surface area (Å²) >= 11 is 0. The molecule has 202 valence electrons. The molecular formula is C27H26N4O7S. The molecule has 1 atom stereocenters. The van der Waals surface area contributed by atoms with E-state index in [1.807, 2.05) is 16.9 Å². The average Bonchev–Trinajstić information content (AvgIpc) is 3.40. The van der Waals surface area contributed by atoms with E-state index in [1.54, 1.807) is 36.5 Å². The molecule has 0 spiro atoms. The van der Waals surface area contributed by atoms with Crippen molar-refractivity contribution in [2.24, 2.45) is 5.92 Å². The van der Waals surface area contributed by atoms with E-state index in [-0.39, 0.29) is 22.9 Å². The summed E-state index contributed by atoms with van der Waals surface area (Å²) in [5, 5.41) is 15.7. The smallest absolute Gasteiger partial charge is 0.293 e. The molecule has 0 aliphatic carbocycles. The summed E-state index contributed by atoms with van der Waals surface area (Å²) in [6, 6.07) is 16.9. The van der Waals surface area contributed by atoms with Gasteiger partial charge in [-0.2, -0.15) is 0 Å². The Balaban J connectivity index is 1.33. The van der Waals surface area contributed by atoms with E-state index in [1.165, 1.54) is 18.2 Å². The van der Waals surface area contributed by atoms with Gasteiger partial charge < -0.3 is 19.8 Å². The number of para-hydroxylation sites is 1.